The predicted molar refractivity (Wildman–Crippen MR) is 70.4 cm³/mol. The van der Waals surface area contributed by atoms with Gasteiger partial charge in [-0.25, -0.2) is 4.98 Å². The van der Waals surface area contributed by atoms with Crippen molar-refractivity contribution in [1.82, 2.24) is 15.3 Å². The molecule has 7 heteroatoms. The van der Waals surface area contributed by atoms with E-state index in [2.05, 4.69) is 15.3 Å². The van der Waals surface area contributed by atoms with Gasteiger partial charge >= 0.3 is 0 Å². The summed E-state index contributed by atoms with van der Waals surface area (Å²) in [6, 6.07) is 1.79. The Kier molecular flexibility index (Phi) is 3.18. The highest BCUT2D eigenvalue weighted by Gasteiger charge is 2.24. The van der Waals surface area contributed by atoms with Crippen molar-refractivity contribution in [3.05, 3.63) is 27.6 Å². The van der Waals surface area contributed by atoms with Crippen LogP contribution >= 0.6 is 11.3 Å². The lowest BCUT2D eigenvalue weighted by atomic mass is 10.1. The Morgan fingerprint density at radius 2 is 2.33 bits per heavy atom. The summed E-state index contributed by atoms with van der Waals surface area (Å²) >= 11 is 1.35. The molecule has 18 heavy (non-hydrogen) atoms. The van der Waals surface area contributed by atoms with Gasteiger partial charge in [0.1, 0.15) is 10.5 Å². The molecule has 0 aromatic carbocycles. The van der Waals surface area contributed by atoms with Crippen LogP contribution in [-0.4, -0.2) is 21.4 Å². The van der Waals surface area contributed by atoms with E-state index in [9.17, 15) is 9.59 Å². The van der Waals surface area contributed by atoms with E-state index < -0.39 is 11.4 Å². The molecule has 0 saturated carbocycles. The van der Waals surface area contributed by atoms with E-state index in [1.54, 1.807) is 19.9 Å². The number of primary amides is 1. The number of thiophene rings is 1. The van der Waals surface area contributed by atoms with Crippen molar-refractivity contribution in [2.24, 2.45) is 5.73 Å². The van der Waals surface area contributed by atoms with E-state index >= 15 is 0 Å². The fourth-order valence-corrected chi connectivity index (χ4v) is 2.12. The number of nitrogens with two attached hydrogens (primary N) is 1. The molecule has 0 bridgehead atoms. The second-order valence-corrected chi connectivity index (χ2v) is 5.41. The van der Waals surface area contributed by atoms with Gasteiger partial charge in [0.2, 0.25) is 5.91 Å². The zero-order chi connectivity index (χ0) is 13.3. The second kappa shape index (κ2) is 4.51. The van der Waals surface area contributed by atoms with Gasteiger partial charge in [0.15, 0.2) is 0 Å². The SMILES string of the molecule is CC(C)(NCc1nc2ccsc2c(=O)[nH]1)C(N)=O. The van der Waals surface area contributed by atoms with Gasteiger partial charge in [-0.1, -0.05) is 0 Å². The normalized spacial score (nSPS) is 11.9. The molecule has 2 aromatic heterocycles. The molecule has 0 fully saturated rings. The largest absolute Gasteiger partial charge is 0.368 e. The molecular formula is C11H14N4O2S. The van der Waals surface area contributed by atoms with Crippen molar-refractivity contribution in [3.8, 4) is 0 Å². The zero-order valence-electron chi connectivity index (χ0n) is 10.1. The van der Waals surface area contributed by atoms with Crippen LogP contribution in [0.25, 0.3) is 10.2 Å². The molecule has 0 aliphatic rings. The third-order valence-corrected chi connectivity index (χ3v) is 3.58. The molecule has 0 unspecified atom stereocenters. The average molecular weight is 266 g/mol. The summed E-state index contributed by atoms with van der Waals surface area (Å²) < 4.78 is 0.605. The summed E-state index contributed by atoms with van der Waals surface area (Å²) in [5.41, 5.74) is 4.90. The molecule has 2 aromatic rings. The Balaban J connectivity index is 2.22. The minimum atomic E-state index is -0.845. The lowest BCUT2D eigenvalue weighted by molar-refractivity contribution is -0.123. The summed E-state index contributed by atoms with van der Waals surface area (Å²) in [7, 11) is 0. The fourth-order valence-electron chi connectivity index (χ4n) is 1.40. The quantitative estimate of drug-likeness (QED) is 0.742. The maximum Gasteiger partial charge on any atom is 0.268 e. The van der Waals surface area contributed by atoms with Crippen LogP contribution in [0.1, 0.15) is 19.7 Å². The summed E-state index contributed by atoms with van der Waals surface area (Å²) in [5.74, 6) is 0.0293. The van der Waals surface area contributed by atoms with Gasteiger partial charge in [0.25, 0.3) is 5.56 Å². The van der Waals surface area contributed by atoms with Crippen molar-refractivity contribution < 1.29 is 4.79 Å². The number of rotatable bonds is 4. The van der Waals surface area contributed by atoms with Crippen molar-refractivity contribution in [1.29, 1.82) is 0 Å². The highest BCUT2D eigenvalue weighted by Crippen LogP contribution is 2.13. The number of hydrogen-bond acceptors (Lipinski definition) is 5. The molecule has 2 heterocycles. The molecule has 1 amide bonds. The number of H-pyrrole nitrogens is 1. The van der Waals surface area contributed by atoms with Crippen LogP contribution in [0.5, 0.6) is 0 Å². The van der Waals surface area contributed by atoms with Gasteiger partial charge in [-0.2, -0.15) is 0 Å². The van der Waals surface area contributed by atoms with Crippen LogP contribution in [0.15, 0.2) is 16.2 Å². The molecular weight excluding hydrogens is 252 g/mol. The second-order valence-electron chi connectivity index (χ2n) is 4.49. The molecule has 0 aliphatic heterocycles. The summed E-state index contributed by atoms with van der Waals surface area (Å²) in [4.78, 5) is 29.8. The van der Waals surface area contributed by atoms with Gasteiger partial charge < -0.3 is 10.7 Å². The molecule has 0 radical (unpaired) electrons. The Hall–Kier alpha value is -1.73. The minimum absolute atomic E-state index is 0.163. The molecule has 2 rings (SSSR count). The van der Waals surface area contributed by atoms with E-state index in [1.807, 2.05) is 5.38 Å². The number of aromatic amines is 1. The van der Waals surface area contributed by atoms with Crippen molar-refractivity contribution in [3.63, 3.8) is 0 Å². The van der Waals surface area contributed by atoms with E-state index in [0.29, 0.717) is 16.0 Å². The van der Waals surface area contributed by atoms with Crippen LogP contribution in [-0.2, 0) is 11.3 Å². The zero-order valence-corrected chi connectivity index (χ0v) is 10.9. The van der Waals surface area contributed by atoms with Crippen LogP contribution in [0.2, 0.25) is 0 Å². The Morgan fingerprint density at radius 3 is 3.00 bits per heavy atom. The smallest absolute Gasteiger partial charge is 0.268 e. The van der Waals surface area contributed by atoms with Gasteiger partial charge in [0, 0.05) is 0 Å². The van der Waals surface area contributed by atoms with Gasteiger partial charge in [-0.05, 0) is 25.3 Å². The fraction of sp³-hybridized carbons (Fsp3) is 0.364. The maximum absolute atomic E-state index is 11.7. The Morgan fingerprint density at radius 1 is 1.61 bits per heavy atom. The third kappa shape index (κ3) is 2.41. The number of aromatic nitrogens is 2. The van der Waals surface area contributed by atoms with E-state index in [4.69, 9.17) is 5.73 Å². The van der Waals surface area contributed by atoms with E-state index in [0.717, 1.165) is 0 Å². The number of nitrogens with one attached hydrogen (secondary N) is 2. The molecule has 0 spiro atoms. The van der Waals surface area contributed by atoms with Crippen molar-refractivity contribution in [2.75, 3.05) is 0 Å². The molecule has 96 valence electrons. The van der Waals surface area contributed by atoms with Crippen LogP contribution in [0.4, 0.5) is 0 Å². The number of carbonyl (C=O) groups is 1. The van der Waals surface area contributed by atoms with Gasteiger partial charge in [-0.15, -0.1) is 11.3 Å². The maximum atomic E-state index is 11.7. The number of carbonyl (C=O) groups excluding carboxylic acids is 1. The first kappa shape index (κ1) is 12.7. The Labute approximate surface area is 107 Å². The Bertz CT molecular complexity index is 644. The van der Waals surface area contributed by atoms with Crippen molar-refractivity contribution in [2.45, 2.75) is 25.9 Å². The van der Waals surface area contributed by atoms with Crippen LogP contribution in [0, 0.1) is 0 Å². The lowest BCUT2D eigenvalue weighted by Crippen LogP contribution is -2.50. The summed E-state index contributed by atoms with van der Waals surface area (Å²) in [5, 5.41) is 4.77. The molecule has 0 aliphatic carbocycles. The number of hydrogen-bond donors (Lipinski definition) is 3. The monoisotopic (exact) mass is 266 g/mol. The van der Waals surface area contributed by atoms with Crippen LogP contribution in [0.3, 0.4) is 0 Å². The highest BCUT2D eigenvalue weighted by atomic mass is 32.1. The predicted octanol–water partition coefficient (Wildman–Crippen LogP) is 0.338. The first-order chi connectivity index (χ1) is 8.40. The molecule has 4 N–H and O–H groups in total. The third-order valence-electron chi connectivity index (χ3n) is 2.68. The first-order valence-electron chi connectivity index (χ1n) is 5.41. The summed E-state index contributed by atoms with van der Waals surface area (Å²) in [6.07, 6.45) is 0. The highest BCUT2D eigenvalue weighted by molar-refractivity contribution is 7.17. The van der Waals surface area contributed by atoms with Gasteiger partial charge in [-0.3, -0.25) is 14.9 Å². The lowest BCUT2D eigenvalue weighted by Gasteiger charge is -2.21. The van der Waals surface area contributed by atoms with Crippen LogP contribution < -0.4 is 16.6 Å². The number of amides is 1. The molecule has 0 saturated heterocycles. The minimum Gasteiger partial charge on any atom is -0.368 e. The molecule has 0 atom stereocenters. The first-order valence-corrected chi connectivity index (χ1v) is 6.29. The number of nitrogens with zero attached hydrogens (tertiary/aromatic N) is 1. The number of fused-ring (bicyclic) bond motifs is 1. The molecule has 6 nitrogen and oxygen atoms in total. The van der Waals surface area contributed by atoms with Gasteiger partial charge in [0.05, 0.1) is 17.6 Å². The summed E-state index contributed by atoms with van der Waals surface area (Å²) in [6.45, 7) is 3.63. The van der Waals surface area contributed by atoms with Crippen molar-refractivity contribution >= 4 is 27.5 Å². The van der Waals surface area contributed by atoms with E-state index in [-0.39, 0.29) is 12.1 Å². The topological polar surface area (TPSA) is 101 Å². The van der Waals surface area contributed by atoms with E-state index in [1.165, 1.54) is 11.3 Å². The standard InChI is InChI=1S/C11H14N4O2S/c1-11(2,10(12)17)13-5-7-14-6-3-4-18-8(6)9(16)15-7/h3-4,13H,5H2,1-2H3,(H2,12,17)(H,14,15,16). The average Bonchev–Trinajstić information content (AvgIpc) is 2.75.